The number of nitrogens with zero attached hydrogens (tertiary/aromatic N) is 5. The Bertz CT molecular complexity index is 1540. The number of nitrogens with two attached hydrogens (primary N) is 1. The number of esters is 1. The molecule has 14 heteroatoms. The summed E-state index contributed by atoms with van der Waals surface area (Å²) in [7, 11) is 1.47. The molecule has 0 fully saturated rings. The van der Waals surface area contributed by atoms with E-state index in [9.17, 15) is 23.2 Å². The van der Waals surface area contributed by atoms with E-state index in [1.807, 2.05) is 6.92 Å². The van der Waals surface area contributed by atoms with Gasteiger partial charge in [0.15, 0.2) is 5.69 Å². The molecule has 0 unspecified atom stereocenters. The Morgan fingerprint density at radius 2 is 1.95 bits per heavy atom. The number of carbonyl (C=O) groups is 3. The van der Waals surface area contributed by atoms with Gasteiger partial charge in [0.05, 0.1) is 18.5 Å². The van der Waals surface area contributed by atoms with Crippen molar-refractivity contribution in [2.75, 3.05) is 11.9 Å². The van der Waals surface area contributed by atoms with E-state index in [0.29, 0.717) is 23.4 Å². The number of carbonyl (C=O) groups excluding carboxylic acids is 3. The predicted octanol–water partition coefficient (Wildman–Crippen LogP) is 3.69. The second-order valence-corrected chi connectivity index (χ2v) is 8.92. The van der Waals surface area contributed by atoms with Crippen LogP contribution in [0.5, 0.6) is 0 Å². The molecular formula is C23H23F2N7O4S. The lowest BCUT2D eigenvalue weighted by Crippen LogP contribution is -2.17. The molecule has 0 aliphatic carbocycles. The third-order valence-electron chi connectivity index (χ3n) is 5.66. The van der Waals surface area contributed by atoms with Gasteiger partial charge in [-0.25, -0.2) is 18.6 Å². The minimum absolute atomic E-state index is 0.00722. The smallest absolute Gasteiger partial charge is 0.356 e. The molecule has 37 heavy (non-hydrogen) atoms. The van der Waals surface area contributed by atoms with Gasteiger partial charge in [0.25, 0.3) is 18.2 Å². The number of pyridine rings is 1. The van der Waals surface area contributed by atoms with Gasteiger partial charge in [-0.2, -0.15) is 10.2 Å². The van der Waals surface area contributed by atoms with Crippen LogP contribution in [-0.4, -0.2) is 48.9 Å². The molecule has 0 saturated carbocycles. The number of rotatable bonds is 8. The van der Waals surface area contributed by atoms with Crippen LogP contribution < -0.4 is 11.1 Å². The van der Waals surface area contributed by atoms with Gasteiger partial charge in [-0.1, -0.05) is 0 Å². The zero-order chi connectivity index (χ0) is 27.0. The number of halogens is 2. The Morgan fingerprint density at radius 1 is 1.22 bits per heavy atom. The third kappa shape index (κ3) is 4.67. The SMILES string of the molecule is CCOC(=O)c1cc(C(=O)Nc2c(C(N)=O)sc3nc(C(F)F)cc(-c4cnn(CC)c4C)c23)nn1C. The van der Waals surface area contributed by atoms with Gasteiger partial charge in [0.2, 0.25) is 0 Å². The number of anilines is 1. The maximum atomic E-state index is 13.7. The summed E-state index contributed by atoms with van der Waals surface area (Å²) in [6.45, 7) is 5.99. The van der Waals surface area contributed by atoms with Crippen molar-refractivity contribution >= 4 is 45.0 Å². The molecule has 0 radical (unpaired) electrons. The van der Waals surface area contributed by atoms with Crippen molar-refractivity contribution in [1.29, 1.82) is 0 Å². The van der Waals surface area contributed by atoms with Crippen LogP contribution in [0.1, 0.15) is 62.3 Å². The Labute approximate surface area is 213 Å². The summed E-state index contributed by atoms with van der Waals surface area (Å²) in [6, 6.07) is 2.46. The van der Waals surface area contributed by atoms with E-state index in [1.165, 1.54) is 30.1 Å². The molecule has 0 aliphatic heterocycles. The number of primary amides is 1. The number of ether oxygens (including phenoxy) is 1. The van der Waals surface area contributed by atoms with Crippen LogP contribution in [0.2, 0.25) is 0 Å². The Hall–Kier alpha value is -4.20. The summed E-state index contributed by atoms with van der Waals surface area (Å²) >= 11 is 0.787. The highest BCUT2D eigenvalue weighted by molar-refractivity contribution is 7.21. The van der Waals surface area contributed by atoms with Crippen LogP contribution in [0.25, 0.3) is 21.3 Å². The topological polar surface area (TPSA) is 147 Å². The molecule has 4 rings (SSSR count). The highest BCUT2D eigenvalue weighted by Gasteiger charge is 2.27. The molecule has 194 valence electrons. The maximum absolute atomic E-state index is 13.7. The van der Waals surface area contributed by atoms with Gasteiger partial charge in [0.1, 0.15) is 21.1 Å². The molecule has 4 aromatic heterocycles. The molecule has 4 aromatic rings. The van der Waals surface area contributed by atoms with Crippen molar-refractivity contribution in [1.82, 2.24) is 24.5 Å². The average molecular weight is 532 g/mol. The molecule has 0 aliphatic rings. The largest absolute Gasteiger partial charge is 0.461 e. The van der Waals surface area contributed by atoms with E-state index in [4.69, 9.17) is 10.5 Å². The molecule has 0 spiro atoms. The van der Waals surface area contributed by atoms with Gasteiger partial charge in [-0.05, 0) is 32.4 Å². The van der Waals surface area contributed by atoms with Crippen molar-refractivity contribution in [3.63, 3.8) is 0 Å². The minimum Gasteiger partial charge on any atom is -0.461 e. The fraction of sp³-hybridized carbons (Fsp3) is 0.304. The maximum Gasteiger partial charge on any atom is 0.356 e. The molecule has 4 heterocycles. The standard InChI is InChI=1S/C23H23F2N7O4S/c1-5-32-10(3)12(9-27-32)11-7-13(19(24)25)28-22-16(11)17(18(37-22)20(26)33)29-21(34)14-8-15(31(4)30-14)23(35)36-6-2/h7-9,19H,5-6H2,1-4H3,(H2,26,33)(H,29,34). The first kappa shape index (κ1) is 25.9. The Balaban J connectivity index is 1.90. The number of hydrogen-bond donors (Lipinski definition) is 2. The highest BCUT2D eigenvalue weighted by atomic mass is 32.1. The first-order chi connectivity index (χ1) is 17.6. The van der Waals surface area contributed by atoms with Crippen molar-refractivity contribution in [2.45, 2.75) is 33.7 Å². The molecular weight excluding hydrogens is 508 g/mol. The number of aryl methyl sites for hydroxylation is 2. The number of nitrogens with one attached hydrogen (secondary N) is 1. The summed E-state index contributed by atoms with van der Waals surface area (Å²) in [6.07, 6.45) is -1.35. The minimum atomic E-state index is -2.88. The van der Waals surface area contributed by atoms with Gasteiger partial charge in [0, 0.05) is 36.3 Å². The van der Waals surface area contributed by atoms with Crippen LogP contribution in [0.3, 0.4) is 0 Å². The molecule has 0 bridgehead atoms. The van der Waals surface area contributed by atoms with Gasteiger partial charge >= 0.3 is 5.97 Å². The Kier molecular flexibility index (Phi) is 7.03. The zero-order valence-corrected chi connectivity index (χ0v) is 21.2. The van der Waals surface area contributed by atoms with E-state index < -0.39 is 29.9 Å². The van der Waals surface area contributed by atoms with Gasteiger partial charge < -0.3 is 15.8 Å². The molecule has 0 saturated heterocycles. The molecule has 2 amide bonds. The molecule has 0 aromatic carbocycles. The normalized spacial score (nSPS) is 11.3. The van der Waals surface area contributed by atoms with Crippen LogP contribution in [0.15, 0.2) is 18.3 Å². The highest BCUT2D eigenvalue weighted by Crippen LogP contribution is 2.43. The van der Waals surface area contributed by atoms with Gasteiger partial charge in [-0.3, -0.25) is 19.0 Å². The number of thiophene rings is 1. The van der Waals surface area contributed by atoms with Crippen molar-refractivity contribution < 1.29 is 27.9 Å². The van der Waals surface area contributed by atoms with E-state index in [2.05, 4.69) is 20.5 Å². The molecule has 11 nitrogen and oxygen atoms in total. The summed E-state index contributed by atoms with van der Waals surface area (Å²) in [5.74, 6) is -2.29. The van der Waals surface area contributed by atoms with E-state index in [0.717, 1.165) is 11.3 Å². The first-order valence-electron chi connectivity index (χ1n) is 11.2. The fourth-order valence-electron chi connectivity index (χ4n) is 3.92. The average Bonchev–Trinajstić information content (AvgIpc) is 3.53. The molecule has 0 atom stereocenters. The number of amides is 2. The lowest BCUT2D eigenvalue weighted by molar-refractivity contribution is 0.0513. The van der Waals surface area contributed by atoms with Crippen LogP contribution in [0.4, 0.5) is 14.5 Å². The lowest BCUT2D eigenvalue weighted by Gasteiger charge is -2.10. The number of hydrogen-bond acceptors (Lipinski definition) is 8. The van der Waals surface area contributed by atoms with Crippen LogP contribution in [-0.2, 0) is 18.3 Å². The summed E-state index contributed by atoms with van der Waals surface area (Å²) in [4.78, 5) is 41.7. The zero-order valence-electron chi connectivity index (χ0n) is 20.3. The number of alkyl halides is 2. The predicted molar refractivity (Wildman–Crippen MR) is 132 cm³/mol. The second kappa shape index (κ2) is 10.0. The van der Waals surface area contributed by atoms with Crippen molar-refractivity contribution in [2.24, 2.45) is 12.8 Å². The second-order valence-electron chi connectivity index (χ2n) is 7.92. The van der Waals surface area contributed by atoms with Gasteiger partial charge in [-0.15, -0.1) is 11.3 Å². The Morgan fingerprint density at radius 3 is 2.54 bits per heavy atom. The number of fused-ring (bicyclic) bond motifs is 1. The van der Waals surface area contributed by atoms with E-state index >= 15 is 0 Å². The van der Waals surface area contributed by atoms with Crippen molar-refractivity contribution in [3.8, 4) is 11.1 Å². The van der Waals surface area contributed by atoms with E-state index in [1.54, 1.807) is 18.5 Å². The lowest BCUT2D eigenvalue weighted by atomic mass is 10.0. The number of aromatic nitrogens is 5. The van der Waals surface area contributed by atoms with E-state index in [-0.39, 0.29) is 38.8 Å². The van der Waals surface area contributed by atoms with Crippen molar-refractivity contribution in [3.05, 3.63) is 46.0 Å². The third-order valence-corrected chi connectivity index (χ3v) is 6.76. The summed E-state index contributed by atoms with van der Waals surface area (Å²) in [5, 5.41) is 11.2. The van der Waals surface area contributed by atoms with Crippen LogP contribution >= 0.6 is 11.3 Å². The molecule has 3 N–H and O–H groups in total. The monoisotopic (exact) mass is 531 g/mol. The summed E-state index contributed by atoms with van der Waals surface area (Å²) < 4.78 is 35.3. The summed E-state index contributed by atoms with van der Waals surface area (Å²) in [5.41, 5.74) is 6.55. The quantitative estimate of drug-likeness (QED) is 0.330. The first-order valence-corrected chi connectivity index (χ1v) is 12.0. The fourth-order valence-corrected chi connectivity index (χ4v) is 4.93. The van der Waals surface area contributed by atoms with Crippen LogP contribution in [0, 0.1) is 6.92 Å².